The summed E-state index contributed by atoms with van der Waals surface area (Å²) < 4.78 is 24.8. The highest BCUT2D eigenvalue weighted by Crippen LogP contribution is 2.27. The van der Waals surface area contributed by atoms with E-state index >= 15 is 0 Å². The predicted molar refractivity (Wildman–Crippen MR) is 119 cm³/mol. The van der Waals surface area contributed by atoms with Crippen molar-refractivity contribution in [3.63, 3.8) is 0 Å². The number of halogens is 1. The summed E-state index contributed by atoms with van der Waals surface area (Å²) in [5.41, 5.74) is 3.61. The van der Waals surface area contributed by atoms with Crippen LogP contribution in [0.2, 0.25) is 0 Å². The molecule has 1 aromatic heterocycles. The minimum atomic E-state index is -0.347. The van der Waals surface area contributed by atoms with Crippen LogP contribution in [0, 0.1) is 12.7 Å². The number of furan rings is 1. The highest BCUT2D eigenvalue weighted by molar-refractivity contribution is 5.98. The number of morpholine rings is 1. The third-order valence-corrected chi connectivity index (χ3v) is 6.03. The van der Waals surface area contributed by atoms with E-state index in [1.54, 1.807) is 13.0 Å². The van der Waals surface area contributed by atoms with Crippen LogP contribution in [0.15, 0.2) is 46.9 Å². The van der Waals surface area contributed by atoms with Crippen LogP contribution in [-0.4, -0.2) is 43.7 Å². The van der Waals surface area contributed by atoms with Crippen molar-refractivity contribution in [2.24, 2.45) is 0 Å². The fourth-order valence-electron chi connectivity index (χ4n) is 4.13. The summed E-state index contributed by atoms with van der Waals surface area (Å²) in [6.45, 7) is 9.58. The Morgan fingerprint density at radius 3 is 2.45 bits per heavy atom. The fourth-order valence-corrected chi connectivity index (χ4v) is 4.13. The Balaban J connectivity index is 1.54. The van der Waals surface area contributed by atoms with Crippen LogP contribution in [0.1, 0.15) is 53.1 Å². The van der Waals surface area contributed by atoms with Crippen molar-refractivity contribution in [3.05, 3.63) is 70.7 Å². The van der Waals surface area contributed by atoms with Crippen LogP contribution in [0.25, 0.3) is 11.0 Å². The van der Waals surface area contributed by atoms with Gasteiger partial charge in [0, 0.05) is 30.6 Å². The molecular weight excluding hydrogens is 395 g/mol. The number of hydrogen-bond donors (Lipinski definition) is 1. The standard InChI is InChI=1S/C25H29FN2O3/c1-16(2)18-4-6-19(7-5-18)22(28-10-12-30-13-11-28)15-27-25(29)24-17(3)21-14-20(26)8-9-23(21)31-24/h4-9,14,16,22H,10-13,15H2,1-3H3,(H,27,29)/t22-/m1/s1. The highest BCUT2D eigenvalue weighted by Gasteiger charge is 2.25. The van der Waals surface area contributed by atoms with E-state index in [2.05, 4.69) is 48.3 Å². The Kier molecular flexibility index (Phi) is 6.39. The molecule has 0 spiro atoms. The molecule has 1 N–H and O–H groups in total. The molecule has 6 heteroatoms. The highest BCUT2D eigenvalue weighted by atomic mass is 19.1. The van der Waals surface area contributed by atoms with E-state index in [1.807, 2.05) is 0 Å². The average molecular weight is 425 g/mol. The van der Waals surface area contributed by atoms with Crippen LogP contribution in [-0.2, 0) is 4.74 Å². The van der Waals surface area contributed by atoms with E-state index in [0.29, 0.717) is 42.2 Å². The van der Waals surface area contributed by atoms with Crippen LogP contribution in [0.5, 0.6) is 0 Å². The Labute approximate surface area is 182 Å². The zero-order valence-electron chi connectivity index (χ0n) is 18.3. The molecule has 0 aliphatic carbocycles. The van der Waals surface area contributed by atoms with Gasteiger partial charge in [0.2, 0.25) is 0 Å². The summed E-state index contributed by atoms with van der Waals surface area (Å²) in [6, 6.07) is 13.0. The molecule has 1 aliphatic heterocycles. The van der Waals surface area contributed by atoms with Gasteiger partial charge in [-0.2, -0.15) is 0 Å². The normalized spacial score (nSPS) is 16.0. The second-order valence-corrected chi connectivity index (χ2v) is 8.39. The Morgan fingerprint density at radius 1 is 1.10 bits per heavy atom. The maximum Gasteiger partial charge on any atom is 0.287 e. The monoisotopic (exact) mass is 424 g/mol. The molecule has 3 aromatic rings. The van der Waals surface area contributed by atoms with E-state index in [4.69, 9.17) is 9.15 Å². The van der Waals surface area contributed by atoms with Gasteiger partial charge < -0.3 is 14.5 Å². The maximum atomic E-state index is 13.6. The lowest BCUT2D eigenvalue weighted by molar-refractivity contribution is 0.0161. The van der Waals surface area contributed by atoms with Gasteiger partial charge in [-0.1, -0.05) is 38.1 Å². The predicted octanol–water partition coefficient (Wildman–Crippen LogP) is 4.81. The third kappa shape index (κ3) is 4.65. The van der Waals surface area contributed by atoms with Crippen molar-refractivity contribution in [2.45, 2.75) is 32.7 Å². The number of amides is 1. The molecule has 4 rings (SSSR count). The molecule has 1 saturated heterocycles. The first-order valence-electron chi connectivity index (χ1n) is 10.8. The molecule has 0 saturated carbocycles. The first-order valence-corrected chi connectivity index (χ1v) is 10.8. The maximum absolute atomic E-state index is 13.6. The van der Waals surface area contributed by atoms with Gasteiger partial charge in [0.05, 0.1) is 19.3 Å². The zero-order chi connectivity index (χ0) is 22.0. The molecule has 31 heavy (non-hydrogen) atoms. The topological polar surface area (TPSA) is 54.7 Å². The number of nitrogens with one attached hydrogen (secondary N) is 1. The Morgan fingerprint density at radius 2 is 1.77 bits per heavy atom. The Bertz CT molecular complexity index is 1050. The van der Waals surface area contributed by atoms with Crippen LogP contribution < -0.4 is 5.32 Å². The van der Waals surface area contributed by atoms with Gasteiger partial charge in [0.15, 0.2) is 5.76 Å². The number of nitrogens with zero attached hydrogens (tertiary/aromatic N) is 1. The molecule has 0 unspecified atom stereocenters. The van der Waals surface area contributed by atoms with Gasteiger partial charge in [-0.25, -0.2) is 4.39 Å². The third-order valence-electron chi connectivity index (χ3n) is 6.03. The molecule has 1 fully saturated rings. The molecule has 2 aromatic carbocycles. The summed E-state index contributed by atoms with van der Waals surface area (Å²) in [4.78, 5) is 15.3. The lowest BCUT2D eigenvalue weighted by Gasteiger charge is -2.35. The first-order chi connectivity index (χ1) is 14.9. The molecule has 5 nitrogen and oxygen atoms in total. The lowest BCUT2D eigenvalue weighted by Crippen LogP contribution is -2.43. The van der Waals surface area contributed by atoms with E-state index in [-0.39, 0.29) is 23.5 Å². The van der Waals surface area contributed by atoms with E-state index < -0.39 is 0 Å². The van der Waals surface area contributed by atoms with Gasteiger partial charge >= 0.3 is 0 Å². The number of carbonyl (C=O) groups excluding carboxylic acids is 1. The van der Waals surface area contributed by atoms with Crippen molar-refractivity contribution in [2.75, 3.05) is 32.8 Å². The van der Waals surface area contributed by atoms with Crippen molar-refractivity contribution >= 4 is 16.9 Å². The number of ether oxygens (including phenoxy) is 1. The van der Waals surface area contributed by atoms with Crippen molar-refractivity contribution in [1.82, 2.24) is 10.2 Å². The number of aryl methyl sites for hydroxylation is 1. The SMILES string of the molecule is Cc1c(C(=O)NC[C@H](c2ccc(C(C)C)cc2)N2CCOCC2)oc2ccc(F)cc12. The number of carbonyl (C=O) groups is 1. The van der Waals surface area contributed by atoms with Gasteiger partial charge in [-0.3, -0.25) is 9.69 Å². The molecule has 0 radical (unpaired) electrons. The number of benzene rings is 2. The van der Waals surface area contributed by atoms with Crippen LogP contribution >= 0.6 is 0 Å². The fraction of sp³-hybridized carbons (Fsp3) is 0.400. The van der Waals surface area contributed by atoms with Crippen molar-refractivity contribution in [1.29, 1.82) is 0 Å². The lowest BCUT2D eigenvalue weighted by atomic mass is 9.98. The van der Waals surface area contributed by atoms with Crippen LogP contribution in [0.4, 0.5) is 4.39 Å². The molecule has 1 atom stereocenters. The van der Waals surface area contributed by atoms with Gasteiger partial charge in [-0.15, -0.1) is 0 Å². The zero-order valence-corrected chi connectivity index (χ0v) is 18.3. The minimum Gasteiger partial charge on any atom is -0.451 e. The first kappa shape index (κ1) is 21.5. The number of hydrogen-bond acceptors (Lipinski definition) is 4. The summed E-state index contributed by atoms with van der Waals surface area (Å²) in [7, 11) is 0. The second-order valence-electron chi connectivity index (χ2n) is 8.39. The van der Waals surface area contributed by atoms with E-state index in [1.165, 1.54) is 17.7 Å². The molecule has 0 bridgehead atoms. The average Bonchev–Trinajstić information content (AvgIpc) is 3.11. The molecule has 164 valence electrons. The summed E-state index contributed by atoms with van der Waals surface area (Å²) >= 11 is 0. The van der Waals surface area contributed by atoms with E-state index in [9.17, 15) is 9.18 Å². The molecule has 1 amide bonds. The summed E-state index contributed by atoms with van der Waals surface area (Å²) in [5.74, 6) is 0.0692. The van der Waals surface area contributed by atoms with E-state index in [0.717, 1.165) is 18.7 Å². The quantitative estimate of drug-likeness (QED) is 0.617. The second kappa shape index (κ2) is 9.20. The van der Waals surface area contributed by atoms with Crippen molar-refractivity contribution in [3.8, 4) is 0 Å². The van der Waals surface area contributed by atoms with Gasteiger partial charge in [-0.05, 0) is 42.2 Å². The smallest absolute Gasteiger partial charge is 0.287 e. The molecule has 2 heterocycles. The summed E-state index contributed by atoms with van der Waals surface area (Å²) in [6.07, 6.45) is 0. The van der Waals surface area contributed by atoms with Crippen molar-refractivity contribution < 1.29 is 18.3 Å². The largest absolute Gasteiger partial charge is 0.451 e. The summed E-state index contributed by atoms with van der Waals surface area (Å²) in [5, 5.41) is 3.66. The van der Waals surface area contributed by atoms with Crippen LogP contribution in [0.3, 0.4) is 0 Å². The van der Waals surface area contributed by atoms with Gasteiger partial charge in [0.1, 0.15) is 11.4 Å². The number of rotatable bonds is 6. The Hall–Kier alpha value is -2.70. The molecule has 1 aliphatic rings. The minimum absolute atomic E-state index is 0.0381. The van der Waals surface area contributed by atoms with Gasteiger partial charge in [0.25, 0.3) is 5.91 Å². The number of fused-ring (bicyclic) bond motifs is 1. The molecular formula is C25H29FN2O3.